The molecular formula is C33H27N3O2S2. The highest BCUT2D eigenvalue weighted by atomic mass is 32.2. The van der Waals surface area contributed by atoms with Crippen molar-refractivity contribution in [2.45, 2.75) is 17.1 Å². The average Bonchev–Trinajstić information content (AvgIpc) is 2.96. The predicted molar refractivity (Wildman–Crippen MR) is 170 cm³/mol. The van der Waals surface area contributed by atoms with E-state index in [9.17, 15) is 9.59 Å². The number of anilines is 3. The fraction of sp³-hybridized carbons (Fsp3) is 0.0606. The minimum absolute atomic E-state index is 0.0151. The van der Waals surface area contributed by atoms with E-state index in [1.807, 2.05) is 103 Å². The van der Waals surface area contributed by atoms with Crippen molar-refractivity contribution in [2.75, 3.05) is 16.0 Å². The number of thiocarbonyl (C=S) groups is 1. The lowest BCUT2D eigenvalue weighted by molar-refractivity contribution is -0.115. The molecule has 5 aromatic carbocycles. The summed E-state index contributed by atoms with van der Waals surface area (Å²) in [5, 5.41) is 11.6. The minimum Gasteiger partial charge on any atom is -0.332 e. The fourth-order valence-corrected chi connectivity index (χ4v) is 5.56. The first-order valence-corrected chi connectivity index (χ1v) is 14.0. The largest absolute Gasteiger partial charge is 0.332 e. The highest BCUT2D eigenvalue weighted by Crippen LogP contribution is 2.37. The van der Waals surface area contributed by atoms with Crippen LogP contribution in [0, 0.1) is 0 Å². The quantitative estimate of drug-likeness (QED) is 0.101. The lowest BCUT2D eigenvalue weighted by Crippen LogP contribution is -2.19. The van der Waals surface area contributed by atoms with Gasteiger partial charge in [0.15, 0.2) is 10.9 Å². The summed E-state index contributed by atoms with van der Waals surface area (Å²) < 4.78 is 0. The molecule has 198 valence electrons. The maximum absolute atomic E-state index is 13.6. The Labute approximate surface area is 243 Å². The van der Waals surface area contributed by atoms with Gasteiger partial charge in [-0.25, -0.2) is 0 Å². The van der Waals surface area contributed by atoms with Crippen LogP contribution in [0.3, 0.4) is 0 Å². The summed E-state index contributed by atoms with van der Waals surface area (Å²) in [4.78, 5) is 26.0. The van der Waals surface area contributed by atoms with E-state index in [-0.39, 0.29) is 11.7 Å². The van der Waals surface area contributed by atoms with Gasteiger partial charge in [-0.15, -0.1) is 11.8 Å². The number of carbonyl (C=O) groups is 2. The zero-order valence-electron chi connectivity index (χ0n) is 21.8. The fourth-order valence-electron chi connectivity index (χ4n) is 4.24. The molecule has 3 N–H and O–H groups in total. The second-order valence-corrected chi connectivity index (χ2v) is 10.8. The van der Waals surface area contributed by atoms with Crippen LogP contribution in [-0.2, 0) is 4.79 Å². The van der Waals surface area contributed by atoms with Gasteiger partial charge >= 0.3 is 0 Å². The average molecular weight is 562 g/mol. The molecule has 7 heteroatoms. The van der Waals surface area contributed by atoms with Crippen LogP contribution >= 0.6 is 24.0 Å². The first kappa shape index (κ1) is 27.1. The van der Waals surface area contributed by atoms with Gasteiger partial charge < -0.3 is 16.0 Å². The molecule has 1 unspecified atom stereocenters. The zero-order chi connectivity index (χ0) is 27.9. The Bertz CT molecular complexity index is 1670. The van der Waals surface area contributed by atoms with Crippen molar-refractivity contribution in [3.05, 3.63) is 132 Å². The number of benzene rings is 5. The Hall–Kier alpha value is -4.46. The van der Waals surface area contributed by atoms with Gasteiger partial charge in [0.2, 0.25) is 5.91 Å². The second-order valence-electron chi connectivity index (χ2n) is 9.20. The van der Waals surface area contributed by atoms with Crippen LogP contribution in [0.15, 0.2) is 126 Å². The maximum Gasteiger partial charge on any atom is 0.242 e. The van der Waals surface area contributed by atoms with Crippen LogP contribution in [0.5, 0.6) is 0 Å². The summed E-state index contributed by atoms with van der Waals surface area (Å²) in [5.41, 5.74) is 3.89. The Morgan fingerprint density at radius 1 is 0.650 bits per heavy atom. The topological polar surface area (TPSA) is 70.2 Å². The molecule has 5 nitrogen and oxygen atoms in total. The molecule has 0 bridgehead atoms. The van der Waals surface area contributed by atoms with Crippen LogP contribution in [-0.4, -0.2) is 16.8 Å². The second kappa shape index (κ2) is 12.6. The molecule has 0 aliphatic carbocycles. The van der Waals surface area contributed by atoms with E-state index >= 15 is 0 Å². The molecule has 0 heterocycles. The van der Waals surface area contributed by atoms with E-state index in [1.54, 1.807) is 12.1 Å². The number of Topliss-reactive ketones (excluding diaryl/α,β-unsaturated/α-hetero) is 1. The number of rotatable bonds is 8. The summed E-state index contributed by atoms with van der Waals surface area (Å²) in [7, 11) is 0. The summed E-state index contributed by atoms with van der Waals surface area (Å²) in [5.74, 6) is -0.0858. The normalized spacial score (nSPS) is 11.4. The minimum atomic E-state index is -0.465. The first-order valence-electron chi connectivity index (χ1n) is 12.7. The van der Waals surface area contributed by atoms with Crippen molar-refractivity contribution in [1.82, 2.24) is 0 Å². The zero-order valence-corrected chi connectivity index (χ0v) is 23.4. The molecule has 5 aromatic rings. The molecule has 0 saturated carbocycles. The predicted octanol–water partition coefficient (Wildman–Crippen LogP) is 8.32. The Morgan fingerprint density at radius 2 is 1.30 bits per heavy atom. The highest BCUT2D eigenvalue weighted by Gasteiger charge is 2.22. The van der Waals surface area contributed by atoms with Gasteiger partial charge in [-0.1, -0.05) is 66.7 Å². The number of thioether (sulfide) groups is 1. The summed E-state index contributed by atoms with van der Waals surface area (Å²) in [6.45, 7) is 1.54. The van der Waals surface area contributed by atoms with E-state index in [2.05, 4.69) is 22.0 Å². The Balaban J connectivity index is 1.30. The monoisotopic (exact) mass is 561 g/mol. The van der Waals surface area contributed by atoms with Crippen LogP contribution in [0.25, 0.3) is 10.8 Å². The summed E-state index contributed by atoms with van der Waals surface area (Å²) >= 11 is 6.97. The SMILES string of the molecule is CC(=O)c1ccc(NC(=S)Nc2cccc(SC(C(=O)Nc3ccc4ccccc4c3)c3ccccc3)c2)cc1. The van der Waals surface area contributed by atoms with Crippen LogP contribution in [0.1, 0.15) is 28.1 Å². The number of carbonyl (C=O) groups excluding carboxylic acids is 2. The lowest BCUT2D eigenvalue weighted by atomic mass is 10.1. The summed E-state index contributed by atoms with van der Waals surface area (Å²) in [6.07, 6.45) is 0. The van der Waals surface area contributed by atoms with Gasteiger partial charge in [0, 0.05) is 27.5 Å². The van der Waals surface area contributed by atoms with Crippen LogP contribution < -0.4 is 16.0 Å². The summed E-state index contributed by atoms with van der Waals surface area (Å²) in [6, 6.07) is 38.7. The van der Waals surface area contributed by atoms with Crippen molar-refractivity contribution in [2.24, 2.45) is 0 Å². The molecular weight excluding hydrogens is 535 g/mol. The molecule has 0 fully saturated rings. The van der Waals surface area contributed by atoms with Gasteiger partial charge in [0.25, 0.3) is 0 Å². The number of hydrogen-bond acceptors (Lipinski definition) is 4. The van der Waals surface area contributed by atoms with E-state index in [0.29, 0.717) is 10.7 Å². The van der Waals surface area contributed by atoms with E-state index in [0.717, 1.165) is 38.3 Å². The van der Waals surface area contributed by atoms with Crippen LogP contribution in [0.4, 0.5) is 17.1 Å². The molecule has 0 spiro atoms. The lowest BCUT2D eigenvalue weighted by Gasteiger charge is -2.18. The van der Waals surface area contributed by atoms with Crippen molar-refractivity contribution < 1.29 is 9.59 Å². The number of hydrogen-bond donors (Lipinski definition) is 3. The molecule has 40 heavy (non-hydrogen) atoms. The molecule has 0 aromatic heterocycles. The molecule has 1 amide bonds. The van der Waals surface area contributed by atoms with Crippen molar-refractivity contribution in [3.8, 4) is 0 Å². The molecule has 0 aliphatic rings. The smallest absolute Gasteiger partial charge is 0.242 e. The number of ketones is 1. The van der Waals surface area contributed by atoms with Gasteiger partial charge in [-0.3, -0.25) is 9.59 Å². The standard InChI is InChI=1S/C33H27N3O2S2/c1-22(37)23-14-17-27(18-15-23)35-33(39)36-28-12-7-13-30(21-28)40-31(25-9-3-2-4-10-25)32(38)34-29-19-16-24-8-5-6-11-26(24)20-29/h2-21,31H,1H3,(H,34,38)(H2,35,36,39). The highest BCUT2D eigenvalue weighted by molar-refractivity contribution is 8.00. The third-order valence-corrected chi connectivity index (χ3v) is 7.70. The van der Waals surface area contributed by atoms with Gasteiger partial charge in [0.05, 0.1) is 0 Å². The molecule has 1 atom stereocenters. The van der Waals surface area contributed by atoms with Gasteiger partial charge in [-0.2, -0.15) is 0 Å². The Kier molecular flexibility index (Phi) is 8.54. The molecule has 0 saturated heterocycles. The first-order chi connectivity index (χ1) is 19.4. The van der Waals surface area contributed by atoms with Crippen LogP contribution in [0.2, 0.25) is 0 Å². The number of nitrogens with one attached hydrogen (secondary N) is 3. The van der Waals surface area contributed by atoms with E-state index in [1.165, 1.54) is 18.7 Å². The molecule has 0 aliphatic heterocycles. The third kappa shape index (κ3) is 6.94. The molecule has 5 rings (SSSR count). The van der Waals surface area contributed by atoms with Crippen molar-refractivity contribution in [3.63, 3.8) is 0 Å². The maximum atomic E-state index is 13.6. The molecule has 0 radical (unpaired) electrons. The number of fused-ring (bicyclic) bond motifs is 1. The van der Waals surface area contributed by atoms with E-state index < -0.39 is 5.25 Å². The van der Waals surface area contributed by atoms with Gasteiger partial charge in [-0.05, 0) is 90.1 Å². The van der Waals surface area contributed by atoms with Gasteiger partial charge in [0.1, 0.15) is 5.25 Å². The Morgan fingerprint density at radius 3 is 2.05 bits per heavy atom. The van der Waals surface area contributed by atoms with Crippen molar-refractivity contribution in [1.29, 1.82) is 0 Å². The third-order valence-electron chi connectivity index (χ3n) is 6.25. The number of amides is 1. The van der Waals surface area contributed by atoms with Crippen molar-refractivity contribution >= 4 is 68.6 Å². The van der Waals surface area contributed by atoms with E-state index in [4.69, 9.17) is 12.2 Å².